The van der Waals surface area contributed by atoms with E-state index in [2.05, 4.69) is 31.6 Å². The number of benzene rings is 1. The Balaban J connectivity index is 0.000000532. The van der Waals surface area contributed by atoms with Gasteiger partial charge in [0.15, 0.2) is 0 Å². The predicted octanol–water partition coefficient (Wildman–Crippen LogP) is 3.30. The fourth-order valence-corrected chi connectivity index (χ4v) is 3.73. The fraction of sp³-hybridized carbons (Fsp3) is 0.269. The van der Waals surface area contributed by atoms with Gasteiger partial charge in [0.05, 0.1) is 23.7 Å². The summed E-state index contributed by atoms with van der Waals surface area (Å²) in [4.78, 5) is 31.3. The first kappa shape index (κ1) is 28.7. The minimum absolute atomic E-state index is 0.220. The maximum absolute atomic E-state index is 12.3. The summed E-state index contributed by atoms with van der Waals surface area (Å²) in [6.45, 7) is 3.79. The molecule has 0 unspecified atom stereocenters. The summed E-state index contributed by atoms with van der Waals surface area (Å²) >= 11 is 0. The van der Waals surface area contributed by atoms with Crippen molar-refractivity contribution in [3.8, 4) is 34.7 Å². The van der Waals surface area contributed by atoms with Gasteiger partial charge in [0.25, 0.3) is 5.91 Å². The molecule has 202 valence electrons. The van der Waals surface area contributed by atoms with Crippen molar-refractivity contribution in [3.05, 3.63) is 59.8 Å². The van der Waals surface area contributed by atoms with Gasteiger partial charge < -0.3 is 25.6 Å². The zero-order chi connectivity index (χ0) is 28.4. The molecule has 0 spiro atoms. The van der Waals surface area contributed by atoms with E-state index in [0.29, 0.717) is 17.7 Å². The molecule has 1 fully saturated rings. The number of hydrogen-bond donors (Lipinski definition) is 4. The van der Waals surface area contributed by atoms with E-state index in [9.17, 15) is 23.2 Å². The third-order valence-corrected chi connectivity index (χ3v) is 5.61. The lowest BCUT2D eigenvalue weighted by atomic mass is 10.0. The molecule has 0 aliphatic carbocycles. The van der Waals surface area contributed by atoms with E-state index in [-0.39, 0.29) is 12.3 Å². The zero-order valence-corrected chi connectivity index (χ0v) is 20.5. The van der Waals surface area contributed by atoms with E-state index in [1.54, 1.807) is 18.3 Å². The molecule has 4 rings (SSSR count). The number of hydrogen-bond acceptors (Lipinski definition) is 7. The Morgan fingerprint density at radius 2 is 1.82 bits per heavy atom. The highest BCUT2D eigenvalue weighted by Crippen LogP contribution is 2.29. The van der Waals surface area contributed by atoms with Crippen LogP contribution in [0.15, 0.2) is 48.7 Å². The van der Waals surface area contributed by atoms with Gasteiger partial charge >= 0.3 is 12.1 Å². The number of rotatable bonds is 6. The Labute approximate surface area is 221 Å². The second kappa shape index (κ2) is 13.1. The first-order valence-electron chi connectivity index (χ1n) is 11.7. The second-order valence-electron chi connectivity index (χ2n) is 8.27. The Morgan fingerprint density at radius 1 is 1.10 bits per heavy atom. The Hall–Kier alpha value is -4.88. The summed E-state index contributed by atoms with van der Waals surface area (Å²) in [7, 11) is 0. The molecule has 4 N–H and O–H groups in total. The van der Waals surface area contributed by atoms with Crippen molar-refractivity contribution in [2.45, 2.75) is 12.6 Å². The molecule has 39 heavy (non-hydrogen) atoms. The molecule has 0 bridgehead atoms. The Bertz CT molecular complexity index is 1400. The van der Waals surface area contributed by atoms with Crippen LogP contribution in [-0.2, 0) is 4.79 Å². The summed E-state index contributed by atoms with van der Waals surface area (Å²) < 4.78 is 31.7. The molecule has 3 heterocycles. The third-order valence-electron chi connectivity index (χ3n) is 5.61. The number of pyridine rings is 1. The predicted molar refractivity (Wildman–Crippen MR) is 136 cm³/mol. The molecule has 0 saturated carbocycles. The molecular weight excluding hydrogens is 515 g/mol. The van der Waals surface area contributed by atoms with Gasteiger partial charge in [0, 0.05) is 61.3 Å². The van der Waals surface area contributed by atoms with Gasteiger partial charge in [-0.25, -0.2) is 4.79 Å². The van der Waals surface area contributed by atoms with Gasteiger partial charge in [-0.05, 0) is 30.3 Å². The lowest BCUT2D eigenvalue weighted by Gasteiger charge is -2.28. The molecule has 1 saturated heterocycles. The van der Waals surface area contributed by atoms with E-state index < -0.39 is 12.1 Å². The highest BCUT2D eigenvalue weighted by molar-refractivity contribution is 5.95. The number of alkyl halides is 3. The second-order valence-corrected chi connectivity index (χ2v) is 8.27. The number of amides is 1. The Morgan fingerprint density at radius 3 is 2.46 bits per heavy atom. The molecule has 3 aromatic rings. The molecule has 13 heteroatoms. The first-order chi connectivity index (χ1) is 18.6. The number of carboxylic acids is 1. The van der Waals surface area contributed by atoms with Crippen molar-refractivity contribution in [1.29, 1.82) is 10.5 Å². The molecule has 1 aliphatic heterocycles. The smallest absolute Gasteiger partial charge is 0.475 e. The van der Waals surface area contributed by atoms with E-state index >= 15 is 0 Å². The summed E-state index contributed by atoms with van der Waals surface area (Å²) in [6.07, 6.45) is -3.09. The van der Waals surface area contributed by atoms with Gasteiger partial charge in [0.1, 0.15) is 11.9 Å². The molecule has 0 radical (unpaired) electrons. The minimum atomic E-state index is -5.08. The average molecular weight is 540 g/mol. The highest BCUT2D eigenvalue weighted by atomic mass is 19.4. The first-order valence-corrected chi connectivity index (χ1v) is 11.7. The quantitative estimate of drug-likeness (QED) is 0.348. The van der Waals surface area contributed by atoms with Crippen molar-refractivity contribution in [2.75, 3.05) is 37.6 Å². The van der Waals surface area contributed by atoms with Gasteiger partial charge in [-0.1, -0.05) is 12.1 Å². The van der Waals surface area contributed by atoms with Gasteiger partial charge in [-0.3, -0.25) is 9.78 Å². The Kier molecular flexibility index (Phi) is 9.62. The van der Waals surface area contributed by atoms with Crippen LogP contribution in [0.2, 0.25) is 0 Å². The number of nitrogens with zero attached hydrogens (tertiary/aromatic N) is 4. The largest absolute Gasteiger partial charge is 0.490 e. The summed E-state index contributed by atoms with van der Waals surface area (Å²) in [6, 6.07) is 17.3. The van der Waals surface area contributed by atoms with Gasteiger partial charge in [0.2, 0.25) is 0 Å². The summed E-state index contributed by atoms with van der Waals surface area (Å²) in [5.74, 6) is -2.13. The highest BCUT2D eigenvalue weighted by Gasteiger charge is 2.38. The van der Waals surface area contributed by atoms with Crippen molar-refractivity contribution in [2.24, 2.45) is 0 Å². The third kappa shape index (κ3) is 7.80. The molecule has 1 aliphatic rings. The van der Waals surface area contributed by atoms with Crippen LogP contribution >= 0.6 is 0 Å². The van der Waals surface area contributed by atoms with E-state index in [4.69, 9.17) is 15.2 Å². The number of H-pyrrole nitrogens is 1. The number of piperazine rings is 1. The molecule has 1 amide bonds. The number of aliphatic carboxylic acids is 1. The van der Waals surface area contributed by atoms with Crippen molar-refractivity contribution < 1.29 is 27.9 Å². The molecule has 10 nitrogen and oxygen atoms in total. The molecule has 2 aromatic heterocycles. The van der Waals surface area contributed by atoms with Crippen molar-refractivity contribution in [1.82, 2.24) is 20.6 Å². The van der Waals surface area contributed by atoms with E-state index in [0.717, 1.165) is 54.5 Å². The molecule has 1 aromatic carbocycles. The summed E-state index contributed by atoms with van der Waals surface area (Å²) in [5.41, 5.74) is 4.44. The normalized spacial score (nSPS) is 12.9. The number of anilines is 1. The van der Waals surface area contributed by atoms with Crippen LogP contribution in [0.4, 0.5) is 19.0 Å². The molecular formula is C26H24F3N7O3. The fourth-order valence-electron chi connectivity index (χ4n) is 3.73. The number of aromatic nitrogens is 2. The number of halogens is 3. The standard InChI is InChI=1S/C24H23N7O.C2HF3O2/c25-6-2-7-29-24(32)19-4-1-3-17(13-19)21-14-18(5-8-28-21)22-15-20(16-26)23(30-22)31-11-9-27-10-12-31;3-2(4,5)1(6)7/h1,3-5,8,13-15,27,30H,2,7,9-12H2,(H,29,32);(H,6,7). The van der Waals surface area contributed by atoms with Crippen molar-refractivity contribution >= 4 is 17.7 Å². The van der Waals surface area contributed by atoms with Gasteiger partial charge in [-0.15, -0.1) is 0 Å². The van der Waals surface area contributed by atoms with E-state index in [1.807, 2.05) is 36.4 Å². The van der Waals surface area contributed by atoms with Crippen LogP contribution in [0.25, 0.3) is 22.5 Å². The van der Waals surface area contributed by atoms with Crippen LogP contribution in [0.5, 0.6) is 0 Å². The number of carbonyl (C=O) groups is 2. The van der Waals surface area contributed by atoms with Crippen LogP contribution < -0.4 is 15.5 Å². The number of carbonyl (C=O) groups excluding carboxylic acids is 1. The lowest BCUT2D eigenvalue weighted by Crippen LogP contribution is -2.44. The van der Waals surface area contributed by atoms with Crippen LogP contribution in [-0.4, -0.2) is 65.9 Å². The topological polar surface area (TPSA) is 158 Å². The van der Waals surface area contributed by atoms with E-state index in [1.165, 1.54) is 0 Å². The van der Waals surface area contributed by atoms with Crippen LogP contribution in [0, 0.1) is 22.7 Å². The van der Waals surface area contributed by atoms with Gasteiger partial charge in [-0.2, -0.15) is 23.7 Å². The summed E-state index contributed by atoms with van der Waals surface area (Å²) in [5, 5.41) is 31.4. The maximum Gasteiger partial charge on any atom is 0.490 e. The minimum Gasteiger partial charge on any atom is -0.475 e. The average Bonchev–Trinajstić information content (AvgIpc) is 3.38. The lowest BCUT2D eigenvalue weighted by molar-refractivity contribution is -0.192. The van der Waals surface area contributed by atoms with Crippen LogP contribution in [0.3, 0.4) is 0 Å². The number of carboxylic acid groups (broad SMARTS) is 1. The maximum atomic E-state index is 12.3. The van der Waals surface area contributed by atoms with Crippen LogP contribution in [0.1, 0.15) is 22.3 Å². The number of aromatic amines is 1. The number of nitrogens with one attached hydrogen (secondary N) is 3. The van der Waals surface area contributed by atoms with Crippen molar-refractivity contribution in [3.63, 3.8) is 0 Å². The zero-order valence-electron chi connectivity index (χ0n) is 20.5. The SMILES string of the molecule is N#CCCNC(=O)c1cccc(-c2cc(-c3cc(C#N)c(N4CCNCC4)[nH]3)ccn2)c1.O=C(O)C(F)(F)F. The molecule has 0 atom stereocenters. The number of nitriles is 2. The monoisotopic (exact) mass is 539 g/mol.